The van der Waals surface area contributed by atoms with Crippen LogP contribution in [0.5, 0.6) is 5.75 Å². The Morgan fingerprint density at radius 3 is 2.47 bits per heavy atom. The highest BCUT2D eigenvalue weighted by Crippen LogP contribution is 2.14. The third-order valence-electron chi connectivity index (χ3n) is 2.88. The van der Waals surface area contributed by atoms with Crippen molar-refractivity contribution in [3.05, 3.63) is 65.0 Å². The molecule has 0 aliphatic heterocycles. The smallest absolute Gasteiger partial charge is 0.200 e. The molecule has 0 heterocycles. The van der Waals surface area contributed by atoms with Gasteiger partial charge in [0.1, 0.15) is 11.6 Å². The van der Waals surface area contributed by atoms with Crippen molar-refractivity contribution < 1.29 is 13.9 Å². The molecule has 0 fully saturated rings. The number of halogens is 1. The van der Waals surface area contributed by atoms with Crippen LogP contribution in [-0.2, 0) is 0 Å². The summed E-state index contributed by atoms with van der Waals surface area (Å²) >= 11 is 0. The van der Waals surface area contributed by atoms with Crippen molar-refractivity contribution >= 4 is 5.78 Å². The highest BCUT2D eigenvalue weighted by Gasteiger charge is 2.10. The molecule has 0 spiro atoms. The van der Waals surface area contributed by atoms with Crippen molar-refractivity contribution in [1.29, 1.82) is 0 Å². The van der Waals surface area contributed by atoms with Crippen molar-refractivity contribution in [2.75, 3.05) is 6.61 Å². The van der Waals surface area contributed by atoms with Crippen LogP contribution in [0.3, 0.4) is 0 Å². The predicted molar refractivity (Wildman–Crippen MR) is 72.1 cm³/mol. The van der Waals surface area contributed by atoms with Gasteiger partial charge in [-0.2, -0.15) is 0 Å². The number of aryl methyl sites for hydroxylation is 2. The number of benzene rings is 2. The predicted octanol–water partition coefficient (Wildman–Crippen LogP) is 3.70. The van der Waals surface area contributed by atoms with E-state index in [2.05, 4.69) is 0 Å². The van der Waals surface area contributed by atoms with E-state index in [1.165, 1.54) is 24.3 Å². The lowest BCUT2D eigenvalue weighted by Gasteiger charge is -2.08. The van der Waals surface area contributed by atoms with E-state index >= 15 is 0 Å². The van der Waals surface area contributed by atoms with Crippen LogP contribution in [0.4, 0.5) is 4.39 Å². The minimum atomic E-state index is -0.326. The Morgan fingerprint density at radius 1 is 1.11 bits per heavy atom. The molecular weight excluding hydrogens is 243 g/mol. The topological polar surface area (TPSA) is 26.3 Å². The van der Waals surface area contributed by atoms with E-state index in [1.54, 1.807) is 0 Å². The summed E-state index contributed by atoms with van der Waals surface area (Å²) in [5.41, 5.74) is 2.64. The zero-order chi connectivity index (χ0) is 13.8. The molecule has 0 atom stereocenters. The van der Waals surface area contributed by atoms with E-state index < -0.39 is 0 Å². The number of ether oxygens (including phenoxy) is 1. The summed E-state index contributed by atoms with van der Waals surface area (Å²) in [6, 6.07) is 11.4. The molecule has 0 bridgehead atoms. The minimum Gasteiger partial charge on any atom is -0.485 e. The van der Waals surface area contributed by atoms with Gasteiger partial charge in [0.2, 0.25) is 0 Å². The number of ketones is 1. The van der Waals surface area contributed by atoms with Gasteiger partial charge in [0.25, 0.3) is 0 Å². The largest absolute Gasteiger partial charge is 0.485 e. The molecule has 2 rings (SSSR count). The fraction of sp³-hybridized carbons (Fsp3) is 0.188. The van der Waals surface area contributed by atoms with Gasteiger partial charge in [-0.25, -0.2) is 4.39 Å². The fourth-order valence-corrected chi connectivity index (χ4v) is 1.79. The van der Waals surface area contributed by atoms with Gasteiger partial charge in [0, 0.05) is 5.56 Å². The third-order valence-corrected chi connectivity index (χ3v) is 2.88. The van der Waals surface area contributed by atoms with Crippen LogP contribution in [0.1, 0.15) is 21.5 Å². The van der Waals surface area contributed by atoms with Crippen molar-refractivity contribution in [2.24, 2.45) is 0 Å². The summed E-state index contributed by atoms with van der Waals surface area (Å²) in [7, 11) is 0. The molecule has 0 amide bonds. The maximum atomic E-state index is 12.7. The molecule has 98 valence electrons. The minimum absolute atomic E-state index is 0.0457. The van der Waals surface area contributed by atoms with Gasteiger partial charge >= 0.3 is 0 Å². The molecule has 2 nitrogen and oxygen atoms in total. The van der Waals surface area contributed by atoms with Crippen molar-refractivity contribution in [1.82, 2.24) is 0 Å². The summed E-state index contributed by atoms with van der Waals surface area (Å²) in [5.74, 6) is 0.0822. The SMILES string of the molecule is Cc1ccc(C)c(C(=O)COc2ccc(F)cc2)c1. The van der Waals surface area contributed by atoms with Crippen LogP contribution in [0, 0.1) is 19.7 Å². The van der Waals surface area contributed by atoms with E-state index in [-0.39, 0.29) is 18.2 Å². The first-order valence-corrected chi connectivity index (χ1v) is 6.05. The Labute approximate surface area is 111 Å². The zero-order valence-electron chi connectivity index (χ0n) is 10.9. The highest BCUT2D eigenvalue weighted by molar-refractivity contribution is 5.98. The zero-order valence-corrected chi connectivity index (χ0v) is 10.9. The van der Waals surface area contributed by atoms with Crippen molar-refractivity contribution in [2.45, 2.75) is 13.8 Å². The molecule has 0 aliphatic carbocycles. The van der Waals surface area contributed by atoms with Gasteiger partial charge in [0.05, 0.1) is 0 Å². The van der Waals surface area contributed by atoms with Crippen LogP contribution in [0.2, 0.25) is 0 Å². The van der Waals surface area contributed by atoms with E-state index in [1.807, 2.05) is 32.0 Å². The Morgan fingerprint density at radius 2 is 1.79 bits per heavy atom. The van der Waals surface area contributed by atoms with Gasteiger partial charge in [-0.05, 0) is 49.7 Å². The molecule has 0 aromatic heterocycles. The van der Waals surface area contributed by atoms with Crippen LogP contribution in [0.25, 0.3) is 0 Å². The van der Waals surface area contributed by atoms with Gasteiger partial charge in [-0.1, -0.05) is 17.7 Å². The second-order valence-corrected chi connectivity index (χ2v) is 4.48. The standard InChI is InChI=1S/C16H15FO2/c1-11-3-4-12(2)15(9-11)16(18)10-19-14-7-5-13(17)6-8-14/h3-9H,10H2,1-2H3. The van der Waals surface area contributed by atoms with E-state index in [0.717, 1.165) is 11.1 Å². The molecular formula is C16H15FO2. The van der Waals surface area contributed by atoms with E-state index in [0.29, 0.717) is 11.3 Å². The molecule has 0 saturated carbocycles. The molecule has 0 aliphatic rings. The Kier molecular flexibility index (Phi) is 3.95. The first-order chi connectivity index (χ1) is 9.06. The number of hydrogen-bond acceptors (Lipinski definition) is 2. The Balaban J connectivity index is 2.05. The van der Waals surface area contributed by atoms with E-state index in [4.69, 9.17) is 4.74 Å². The second-order valence-electron chi connectivity index (χ2n) is 4.48. The summed E-state index contributed by atoms with van der Waals surface area (Å²) in [4.78, 5) is 12.1. The highest BCUT2D eigenvalue weighted by atomic mass is 19.1. The van der Waals surface area contributed by atoms with Gasteiger partial charge in [-0.3, -0.25) is 4.79 Å². The number of rotatable bonds is 4. The summed E-state index contributed by atoms with van der Waals surface area (Å²) in [5, 5.41) is 0. The maximum absolute atomic E-state index is 12.7. The molecule has 2 aromatic rings. The quantitative estimate of drug-likeness (QED) is 0.781. The van der Waals surface area contributed by atoms with Crippen LogP contribution in [0.15, 0.2) is 42.5 Å². The molecule has 0 saturated heterocycles. The number of Topliss-reactive ketones (excluding diaryl/α,β-unsaturated/α-hetero) is 1. The number of hydrogen-bond donors (Lipinski definition) is 0. The summed E-state index contributed by atoms with van der Waals surface area (Å²) in [6.07, 6.45) is 0. The lowest BCUT2D eigenvalue weighted by atomic mass is 10.0. The Hall–Kier alpha value is -2.16. The number of carbonyl (C=O) groups excluding carboxylic acids is 1. The second kappa shape index (κ2) is 5.65. The molecule has 0 unspecified atom stereocenters. The molecule has 19 heavy (non-hydrogen) atoms. The van der Waals surface area contributed by atoms with Gasteiger partial charge < -0.3 is 4.74 Å². The molecule has 0 N–H and O–H groups in total. The average molecular weight is 258 g/mol. The fourth-order valence-electron chi connectivity index (χ4n) is 1.79. The van der Waals surface area contributed by atoms with Gasteiger partial charge in [-0.15, -0.1) is 0 Å². The molecule has 3 heteroatoms. The van der Waals surface area contributed by atoms with Crippen LogP contribution < -0.4 is 4.74 Å². The average Bonchev–Trinajstić information content (AvgIpc) is 2.40. The van der Waals surface area contributed by atoms with Crippen LogP contribution >= 0.6 is 0 Å². The van der Waals surface area contributed by atoms with E-state index in [9.17, 15) is 9.18 Å². The maximum Gasteiger partial charge on any atom is 0.200 e. The molecule has 0 radical (unpaired) electrons. The first kappa shape index (κ1) is 13.3. The first-order valence-electron chi connectivity index (χ1n) is 6.05. The molecule has 2 aromatic carbocycles. The third kappa shape index (κ3) is 3.41. The number of carbonyl (C=O) groups is 1. The Bertz CT molecular complexity index is 588. The summed E-state index contributed by atoms with van der Waals surface area (Å²) in [6.45, 7) is 3.79. The lowest BCUT2D eigenvalue weighted by molar-refractivity contribution is 0.0921. The van der Waals surface area contributed by atoms with Crippen molar-refractivity contribution in [3.8, 4) is 5.75 Å². The lowest BCUT2D eigenvalue weighted by Crippen LogP contribution is -2.13. The van der Waals surface area contributed by atoms with Crippen LogP contribution in [-0.4, -0.2) is 12.4 Å². The van der Waals surface area contributed by atoms with Gasteiger partial charge in [0.15, 0.2) is 12.4 Å². The van der Waals surface area contributed by atoms with Crippen molar-refractivity contribution in [3.63, 3.8) is 0 Å². The monoisotopic (exact) mass is 258 g/mol. The normalized spacial score (nSPS) is 10.3. The summed E-state index contributed by atoms with van der Waals surface area (Å²) < 4.78 is 18.1.